The number of hydrogen-bond acceptors (Lipinski definition) is 1. The largest absolute Gasteiger partial charge is 0.388 e. The third kappa shape index (κ3) is 1.20. The molecule has 0 bridgehead atoms. The molecular formula is C12H18O. The first-order valence-corrected chi connectivity index (χ1v) is 5.38. The molecule has 72 valence electrons. The van der Waals surface area contributed by atoms with Crippen molar-refractivity contribution in [3.05, 3.63) is 0 Å². The van der Waals surface area contributed by atoms with Gasteiger partial charge in [-0.2, -0.15) is 0 Å². The lowest BCUT2D eigenvalue weighted by atomic mass is 9.71. The minimum atomic E-state index is -0.516. The van der Waals surface area contributed by atoms with Crippen molar-refractivity contribution >= 4 is 0 Å². The third-order valence-corrected chi connectivity index (χ3v) is 4.19. The van der Waals surface area contributed by atoms with Crippen LogP contribution in [0.4, 0.5) is 0 Å². The van der Waals surface area contributed by atoms with Gasteiger partial charge in [0.25, 0.3) is 0 Å². The summed E-state index contributed by atoms with van der Waals surface area (Å²) in [5.74, 6) is 2.65. The highest BCUT2D eigenvalue weighted by molar-refractivity contribution is 5.10. The van der Waals surface area contributed by atoms with Crippen molar-refractivity contribution in [3.63, 3.8) is 0 Å². The summed E-state index contributed by atoms with van der Waals surface area (Å²) in [7, 11) is 0. The summed E-state index contributed by atoms with van der Waals surface area (Å²) in [5.41, 5.74) is -0.308. The van der Waals surface area contributed by atoms with Gasteiger partial charge in [0.15, 0.2) is 0 Å². The third-order valence-electron chi connectivity index (χ3n) is 4.19. The summed E-state index contributed by atoms with van der Waals surface area (Å²) in [4.78, 5) is 0. The van der Waals surface area contributed by atoms with E-state index in [4.69, 9.17) is 6.42 Å². The zero-order valence-corrected chi connectivity index (χ0v) is 8.18. The molecule has 0 saturated heterocycles. The first kappa shape index (κ1) is 9.09. The number of terminal acetylenes is 1. The maximum Gasteiger partial charge on any atom is 0.0812 e. The molecule has 1 heteroatoms. The minimum absolute atomic E-state index is 0.208. The molecule has 0 amide bonds. The average molecular weight is 178 g/mol. The smallest absolute Gasteiger partial charge is 0.0812 e. The number of aliphatic hydroxyl groups is 1. The Bertz CT molecular complexity index is 226. The number of hydrogen-bond donors (Lipinski definition) is 1. The number of rotatable bonds is 1. The summed E-state index contributed by atoms with van der Waals surface area (Å²) >= 11 is 0. The summed E-state index contributed by atoms with van der Waals surface area (Å²) in [6.07, 6.45) is 14.2. The SMILES string of the molecule is C#CCC1(O)CCCC12CCCC2. The van der Waals surface area contributed by atoms with E-state index in [-0.39, 0.29) is 5.41 Å². The van der Waals surface area contributed by atoms with Crippen LogP contribution in [0.3, 0.4) is 0 Å². The van der Waals surface area contributed by atoms with Crippen molar-refractivity contribution in [2.24, 2.45) is 5.41 Å². The normalized spacial score (nSPS) is 36.6. The van der Waals surface area contributed by atoms with Crippen LogP contribution in [0.1, 0.15) is 51.4 Å². The van der Waals surface area contributed by atoms with Gasteiger partial charge < -0.3 is 5.11 Å². The molecule has 1 spiro atoms. The van der Waals surface area contributed by atoms with Crippen molar-refractivity contribution in [1.82, 2.24) is 0 Å². The van der Waals surface area contributed by atoms with Crippen LogP contribution in [0.25, 0.3) is 0 Å². The van der Waals surface area contributed by atoms with E-state index < -0.39 is 5.60 Å². The Morgan fingerprint density at radius 1 is 1.08 bits per heavy atom. The standard InChI is InChI=1S/C12H18O/c1-2-6-12(13)10-5-9-11(12)7-3-4-8-11/h1,13H,3-10H2. The summed E-state index contributed by atoms with van der Waals surface area (Å²) in [6.45, 7) is 0. The molecule has 1 unspecified atom stereocenters. The first-order valence-electron chi connectivity index (χ1n) is 5.38. The van der Waals surface area contributed by atoms with Gasteiger partial charge in [-0.1, -0.05) is 12.8 Å². The fourth-order valence-electron chi connectivity index (χ4n) is 3.43. The molecule has 2 rings (SSSR count). The van der Waals surface area contributed by atoms with Gasteiger partial charge in [-0.05, 0) is 32.1 Å². The van der Waals surface area contributed by atoms with Gasteiger partial charge in [-0.25, -0.2) is 0 Å². The molecule has 2 fully saturated rings. The van der Waals surface area contributed by atoms with E-state index in [0.29, 0.717) is 6.42 Å². The molecule has 13 heavy (non-hydrogen) atoms. The highest BCUT2D eigenvalue weighted by atomic mass is 16.3. The quantitative estimate of drug-likeness (QED) is 0.612. The van der Waals surface area contributed by atoms with Crippen LogP contribution in [0.5, 0.6) is 0 Å². The zero-order valence-electron chi connectivity index (χ0n) is 8.18. The Balaban J connectivity index is 2.22. The van der Waals surface area contributed by atoms with Gasteiger partial charge in [0.05, 0.1) is 5.60 Å². The Kier molecular flexibility index (Phi) is 2.12. The molecule has 1 atom stereocenters. The maximum absolute atomic E-state index is 10.5. The molecule has 1 nitrogen and oxygen atoms in total. The Hall–Kier alpha value is -0.480. The highest BCUT2D eigenvalue weighted by Crippen LogP contribution is 2.57. The van der Waals surface area contributed by atoms with Gasteiger partial charge in [-0.15, -0.1) is 12.3 Å². The van der Waals surface area contributed by atoms with Crippen LogP contribution in [0.2, 0.25) is 0 Å². The lowest BCUT2D eigenvalue weighted by molar-refractivity contribution is -0.0542. The predicted molar refractivity (Wildman–Crippen MR) is 53.2 cm³/mol. The van der Waals surface area contributed by atoms with Crippen LogP contribution in [-0.4, -0.2) is 10.7 Å². The Morgan fingerprint density at radius 3 is 2.31 bits per heavy atom. The summed E-state index contributed by atoms with van der Waals surface area (Å²) in [6, 6.07) is 0. The topological polar surface area (TPSA) is 20.2 Å². The second kappa shape index (κ2) is 3.03. The summed E-state index contributed by atoms with van der Waals surface area (Å²) in [5, 5.41) is 10.5. The highest BCUT2D eigenvalue weighted by Gasteiger charge is 2.53. The molecular weight excluding hydrogens is 160 g/mol. The van der Waals surface area contributed by atoms with Crippen LogP contribution in [-0.2, 0) is 0 Å². The van der Waals surface area contributed by atoms with Gasteiger partial charge in [0.1, 0.15) is 0 Å². The molecule has 0 aromatic rings. The molecule has 0 heterocycles. The molecule has 0 radical (unpaired) electrons. The molecule has 0 aliphatic heterocycles. The fraction of sp³-hybridized carbons (Fsp3) is 0.833. The average Bonchev–Trinajstić information content (AvgIpc) is 2.65. The minimum Gasteiger partial charge on any atom is -0.388 e. The van der Waals surface area contributed by atoms with E-state index in [9.17, 15) is 5.11 Å². The van der Waals surface area contributed by atoms with Crippen molar-refractivity contribution < 1.29 is 5.11 Å². The Morgan fingerprint density at radius 2 is 1.69 bits per heavy atom. The van der Waals surface area contributed by atoms with Gasteiger partial charge in [0, 0.05) is 11.8 Å². The molecule has 1 N–H and O–H groups in total. The van der Waals surface area contributed by atoms with E-state index >= 15 is 0 Å². The van der Waals surface area contributed by atoms with Crippen molar-refractivity contribution in [2.75, 3.05) is 0 Å². The van der Waals surface area contributed by atoms with Gasteiger partial charge in [0.2, 0.25) is 0 Å². The van der Waals surface area contributed by atoms with Crippen molar-refractivity contribution in [3.8, 4) is 12.3 Å². The van der Waals surface area contributed by atoms with Gasteiger partial charge >= 0.3 is 0 Å². The molecule has 0 aromatic heterocycles. The van der Waals surface area contributed by atoms with E-state index in [2.05, 4.69) is 5.92 Å². The molecule has 2 aliphatic rings. The van der Waals surface area contributed by atoms with Crippen molar-refractivity contribution in [1.29, 1.82) is 0 Å². The Labute approximate surface area is 80.5 Å². The zero-order chi connectivity index (χ0) is 9.36. The van der Waals surface area contributed by atoms with Crippen LogP contribution in [0.15, 0.2) is 0 Å². The van der Waals surface area contributed by atoms with Crippen LogP contribution >= 0.6 is 0 Å². The van der Waals surface area contributed by atoms with E-state index in [1.165, 1.54) is 32.1 Å². The van der Waals surface area contributed by atoms with Crippen LogP contribution < -0.4 is 0 Å². The van der Waals surface area contributed by atoms with E-state index in [0.717, 1.165) is 12.8 Å². The molecule has 0 aromatic carbocycles. The lowest BCUT2D eigenvalue weighted by Crippen LogP contribution is -2.41. The monoisotopic (exact) mass is 178 g/mol. The lowest BCUT2D eigenvalue weighted by Gasteiger charge is -2.38. The molecule has 2 aliphatic carbocycles. The molecule has 2 saturated carbocycles. The van der Waals surface area contributed by atoms with Crippen LogP contribution in [0, 0.1) is 17.8 Å². The fourth-order valence-corrected chi connectivity index (χ4v) is 3.43. The second-order valence-corrected chi connectivity index (χ2v) is 4.75. The second-order valence-electron chi connectivity index (χ2n) is 4.75. The first-order chi connectivity index (χ1) is 6.22. The van der Waals surface area contributed by atoms with Gasteiger partial charge in [-0.3, -0.25) is 0 Å². The van der Waals surface area contributed by atoms with Crippen molar-refractivity contribution in [2.45, 2.75) is 57.0 Å². The van der Waals surface area contributed by atoms with E-state index in [1.54, 1.807) is 0 Å². The summed E-state index contributed by atoms with van der Waals surface area (Å²) < 4.78 is 0. The van der Waals surface area contributed by atoms with E-state index in [1.807, 2.05) is 0 Å². The predicted octanol–water partition coefficient (Wildman–Crippen LogP) is 2.49. The maximum atomic E-state index is 10.5.